The average molecular weight is 814 g/mol. The molecule has 1 aliphatic carbocycles. The molecule has 0 spiro atoms. The van der Waals surface area contributed by atoms with Crippen molar-refractivity contribution in [3.05, 3.63) is 58.5 Å². The molecule has 1 aromatic rings. The molecule has 310 valence electrons. The Morgan fingerprint density at radius 1 is 1.28 bits per heavy atom. The molecular weight excluding hydrogens is 761 g/mol. The summed E-state index contributed by atoms with van der Waals surface area (Å²) in [6, 6.07) is 2.07. The van der Waals surface area contributed by atoms with Crippen LogP contribution in [0.15, 0.2) is 62.5 Å². The minimum Gasteiger partial charge on any atom is -0.507 e. The lowest BCUT2D eigenvalue weighted by Crippen LogP contribution is -2.64. The van der Waals surface area contributed by atoms with E-state index in [1.54, 1.807) is 13.1 Å². The van der Waals surface area contributed by atoms with Gasteiger partial charge in [0, 0.05) is 33.5 Å². The number of aromatic hydroxyl groups is 1. The summed E-state index contributed by atoms with van der Waals surface area (Å²) in [5, 5.41) is 27.1. The maximum atomic E-state index is 13.5. The number of ether oxygens (including phenoxy) is 1. The lowest BCUT2D eigenvalue weighted by molar-refractivity contribution is -0.534. The van der Waals surface area contributed by atoms with Gasteiger partial charge in [-0.3, -0.25) is 14.1 Å². The molecule has 3 aliphatic rings. The van der Waals surface area contributed by atoms with Gasteiger partial charge >= 0.3 is 16.3 Å². The van der Waals surface area contributed by atoms with E-state index in [1.165, 1.54) is 37.9 Å². The molecular formula is C38H53N8O10S+. The van der Waals surface area contributed by atoms with Crippen LogP contribution in [0.25, 0.3) is 0 Å². The summed E-state index contributed by atoms with van der Waals surface area (Å²) >= 11 is 0. The molecule has 57 heavy (non-hydrogen) atoms. The molecule has 0 bridgehead atoms. The largest absolute Gasteiger partial charge is 0.507 e. The highest BCUT2D eigenvalue weighted by Crippen LogP contribution is 2.43. The molecule has 18 nitrogen and oxygen atoms in total. The standard InChI is InChI=1S/C38H52N8O10S/c1-9-10-11-12-23-20-28(47)31(24-19-22(2)13-15-26(24)44(6)7)29(21-23)55-37(40-5)45(8)18-17-27-33(35(49)46(27)57(52,53)54)42-34(48)32(25-14-16-30(39)41-25)43-56-38(3,4)36(50)51/h14,17,19-21,24,26,33H,6,9-13,15-16,18H2,1-5,7-8H3,(H5-,39,41,42,47,48,50,51,52,53,54)/p+1/b27-17+,40-37?,43-32-/t24-,26-,33+/m1/s1. The first kappa shape index (κ1) is 44.2. The van der Waals surface area contributed by atoms with Crippen molar-refractivity contribution in [3.63, 3.8) is 0 Å². The molecule has 4 rings (SSSR count). The third-order valence-corrected chi connectivity index (χ3v) is 10.6. The number of nitrogens with zero attached hydrogens (tertiary/aromatic N) is 6. The number of carboxylic acids is 1. The van der Waals surface area contributed by atoms with E-state index in [-0.39, 0.29) is 58.2 Å². The Hall–Kier alpha value is -5.56. The quantitative estimate of drug-likeness (QED) is 0.0236. The molecule has 3 atom stereocenters. The van der Waals surface area contributed by atoms with Crippen LogP contribution in [0.2, 0.25) is 0 Å². The Labute approximate surface area is 332 Å². The number of hydrogen-bond acceptors (Lipinski definition) is 12. The molecule has 1 fully saturated rings. The van der Waals surface area contributed by atoms with E-state index in [4.69, 9.17) is 15.3 Å². The van der Waals surface area contributed by atoms with Crippen LogP contribution < -0.4 is 15.8 Å². The zero-order valence-electron chi connectivity index (χ0n) is 33.4. The van der Waals surface area contributed by atoms with E-state index in [0.717, 1.165) is 43.2 Å². The highest BCUT2D eigenvalue weighted by molar-refractivity contribution is 7.84. The summed E-state index contributed by atoms with van der Waals surface area (Å²) < 4.78 is 43.0. The van der Waals surface area contributed by atoms with Crippen molar-refractivity contribution in [3.8, 4) is 11.5 Å². The number of nitrogens with one attached hydrogen (secondary N) is 1. The predicted octanol–water partition coefficient (Wildman–Crippen LogP) is 2.85. The number of likely N-dealkylation sites (N-methyl/N-ethyl adjacent to an activating group) is 2. The van der Waals surface area contributed by atoms with Gasteiger partial charge in [0.25, 0.3) is 17.8 Å². The van der Waals surface area contributed by atoms with Crippen molar-refractivity contribution < 1.29 is 51.7 Å². The van der Waals surface area contributed by atoms with Crippen molar-refractivity contribution in [2.75, 3.05) is 27.7 Å². The minimum atomic E-state index is -5.12. The lowest BCUT2D eigenvalue weighted by atomic mass is 9.80. The van der Waals surface area contributed by atoms with Gasteiger partial charge in [0.2, 0.25) is 5.60 Å². The maximum Gasteiger partial charge on any atom is 0.366 e. The second kappa shape index (κ2) is 18.1. The monoisotopic (exact) mass is 813 g/mol. The highest BCUT2D eigenvalue weighted by atomic mass is 32.2. The number of oxime groups is 1. The Bertz CT molecular complexity index is 2090. The highest BCUT2D eigenvalue weighted by Gasteiger charge is 2.50. The van der Waals surface area contributed by atoms with Gasteiger partial charge < -0.3 is 35.7 Å². The van der Waals surface area contributed by atoms with Crippen LogP contribution in [0.3, 0.4) is 0 Å². The summed E-state index contributed by atoms with van der Waals surface area (Å²) in [6.45, 7) is 10.5. The number of hydrogen-bond donors (Lipinski definition) is 5. The van der Waals surface area contributed by atoms with Gasteiger partial charge in [0.15, 0.2) is 17.8 Å². The fraction of sp³-hybridized carbons (Fsp3) is 0.500. The van der Waals surface area contributed by atoms with Gasteiger partial charge in [-0.1, -0.05) is 36.6 Å². The number of β-lactam (4-membered cyclic amide) rings is 1. The number of unbranched alkanes of at least 4 members (excludes halogenated alkanes) is 2. The van der Waals surface area contributed by atoms with E-state index >= 15 is 0 Å². The van der Waals surface area contributed by atoms with E-state index in [0.29, 0.717) is 17.7 Å². The Balaban J connectivity index is 1.66. The normalized spacial score (nSPS) is 21.0. The molecule has 2 aliphatic heterocycles. The zero-order valence-corrected chi connectivity index (χ0v) is 34.2. The number of carbonyl (C=O) groups excluding carboxylic acids is 2. The number of amides is 2. The Morgan fingerprint density at radius 2 is 1.98 bits per heavy atom. The summed E-state index contributed by atoms with van der Waals surface area (Å²) in [4.78, 5) is 53.2. The summed E-state index contributed by atoms with van der Waals surface area (Å²) in [7, 11) is -0.153. The number of phenolic OH excluding ortho intramolecular Hbond substituents is 1. The number of carboxylic acid groups (broad SMARTS) is 1. The van der Waals surface area contributed by atoms with E-state index < -0.39 is 45.4 Å². The van der Waals surface area contributed by atoms with Crippen LogP contribution in [-0.4, -0.2) is 124 Å². The van der Waals surface area contributed by atoms with Crippen molar-refractivity contribution in [1.82, 2.24) is 14.5 Å². The first-order valence-electron chi connectivity index (χ1n) is 18.5. The van der Waals surface area contributed by atoms with Crippen LogP contribution in [0.1, 0.15) is 83.3 Å². The number of aryl methyl sites for hydroxylation is 1. The number of aliphatic carboxylic acids is 1. The molecule has 1 aromatic carbocycles. The fourth-order valence-corrected chi connectivity index (χ4v) is 7.32. The molecule has 2 heterocycles. The molecule has 19 heteroatoms. The number of allylic oxidation sites excluding steroid dienone is 1. The molecule has 0 unspecified atom stereocenters. The lowest BCUT2D eigenvalue weighted by Gasteiger charge is -2.38. The van der Waals surface area contributed by atoms with Gasteiger partial charge in [0.05, 0.1) is 22.9 Å². The topological polar surface area (TPSA) is 249 Å². The van der Waals surface area contributed by atoms with Gasteiger partial charge in [-0.15, -0.1) is 0 Å². The van der Waals surface area contributed by atoms with Crippen LogP contribution in [-0.2, 0) is 35.9 Å². The van der Waals surface area contributed by atoms with Crippen LogP contribution >= 0.6 is 0 Å². The fourth-order valence-electron chi connectivity index (χ4n) is 6.54. The van der Waals surface area contributed by atoms with Gasteiger partial charge in [-0.25, -0.2) is 19.4 Å². The van der Waals surface area contributed by atoms with Gasteiger partial charge in [-0.2, -0.15) is 12.7 Å². The molecule has 0 saturated carbocycles. The summed E-state index contributed by atoms with van der Waals surface area (Å²) in [6.07, 6.45) is 10.3. The smallest absolute Gasteiger partial charge is 0.366 e. The third kappa shape index (κ3) is 10.4. The van der Waals surface area contributed by atoms with Crippen LogP contribution in [0.4, 0.5) is 0 Å². The minimum absolute atomic E-state index is 0.0398. The van der Waals surface area contributed by atoms with Crippen LogP contribution in [0, 0.1) is 0 Å². The first-order valence-corrected chi connectivity index (χ1v) is 19.9. The van der Waals surface area contributed by atoms with Crippen molar-refractivity contribution >= 4 is 52.4 Å². The van der Waals surface area contributed by atoms with Crippen molar-refractivity contribution in [1.29, 1.82) is 0 Å². The maximum absolute atomic E-state index is 13.5. The summed E-state index contributed by atoms with van der Waals surface area (Å²) in [5.41, 5.74) is 5.59. The number of benzene rings is 1. The SMILES string of the molecule is C=[N+](C)[C@@H]1CCC(C)=C[C@H]1c1c(O)cc(CCCCC)cc1OC(=NC)N(C)C/C=C1\[C@H](NC(=O)/C(=N\OC(C)(C)C(=O)O)C2=CCC(N)=N2)C(=O)N1S(=O)(=O)O. The number of nitrogens with two attached hydrogens (primary N) is 1. The Morgan fingerprint density at radius 3 is 2.56 bits per heavy atom. The van der Waals surface area contributed by atoms with E-state index in [1.807, 2.05) is 24.6 Å². The second-order valence-electron chi connectivity index (χ2n) is 14.7. The van der Waals surface area contributed by atoms with Gasteiger partial charge in [-0.05, 0) is 69.9 Å². The zero-order chi connectivity index (χ0) is 42.4. The molecule has 0 aromatic heterocycles. The van der Waals surface area contributed by atoms with E-state index in [2.05, 4.69) is 40.2 Å². The van der Waals surface area contributed by atoms with E-state index in [9.17, 15) is 37.6 Å². The molecule has 6 N–H and O–H groups in total. The predicted molar refractivity (Wildman–Crippen MR) is 214 cm³/mol. The molecule has 2 amide bonds. The number of phenols is 1. The van der Waals surface area contributed by atoms with Gasteiger partial charge in [0.1, 0.15) is 31.1 Å². The van der Waals surface area contributed by atoms with Crippen LogP contribution in [0.5, 0.6) is 11.5 Å². The number of aliphatic imine (C=N–C) groups is 2. The first-order chi connectivity index (χ1) is 26.7. The number of carbonyl (C=O) groups is 3. The van der Waals surface area contributed by atoms with Crippen molar-refractivity contribution in [2.45, 2.75) is 96.2 Å². The summed E-state index contributed by atoms with van der Waals surface area (Å²) in [5.74, 6) is -3.34. The molecule has 0 radical (unpaired) electrons. The number of rotatable bonds is 16. The average Bonchev–Trinajstić information content (AvgIpc) is 3.55. The Kier molecular flexibility index (Phi) is 14.1. The van der Waals surface area contributed by atoms with Crippen molar-refractivity contribution in [2.24, 2.45) is 20.9 Å². The second-order valence-corrected chi connectivity index (χ2v) is 16.0. The molecule has 1 saturated heterocycles. The number of amidine groups is 2. The third-order valence-electron chi connectivity index (χ3n) is 9.74.